The molecule has 1 aromatic carbocycles. The van der Waals surface area contributed by atoms with Crippen molar-refractivity contribution in [3.8, 4) is 0 Å². The van der Waals surface area contributed by atoms with Crippen LogP contribution in [0.2, 0.25) is 0 Å². The van der Waals surface area contributed by atoms with E-state index in [1.54, 1.807) is 17.0 Å². The van der Waals surface area contributed by atoms with Gasteiger partial charge in [-0.05, 0) is 65.6 Å². The van der Waals surface area contributed by atoms with Gasteiger partial charge in [-0.2, -0.15) is 0 Å². The monoisotopic (exact) mass is 447 g/mol. The first kappa shape index (κ1) is 24.6. The first-order valence-corrected chi connectivity index (χ1v) is 11.9. The third-order valence-electron chi connectivity index (χ3n) is 6.08. The second kappa shape index (κ2) is 11.2. The van der Waals surface area contributed by atoms with Crippen LogP contribution >= 0.6 is 0 Å². The molecule has 1 saturated carbocycles. The Morgan fingerprint density at radius 1 is 1.09 bits per heavy atom. The number of nitrogens with one attached hydrogen (secondary N) is 1. The van der Waals surface area contributed by atoms with Crippen molar-refractivity contribution in [1.82, 2.24) is 15.1 Å². The normalized spacial score (nSPS) is 20.0. The van der Waals surface area contributed by atoms with Crippen molar-refractivity contribution in [3.63, 3.8) is 0 Å². The summed E-state index contributed by atoms with van der Waals surface area (Å²) in [5.41, 5.74) is 0.390. The van der Waals surface area contributed by atoms with Crippen molar-refractivity contribution in [2.75, 3.05) is 26.2 Å². The average Bonchev–Trinajstić information content (AvgIpc) is 3.59. The predicted molar refractivity (Wildman–Crippen MR) is 123 cm³/mol. The van der Waals surface area contributed by atoms with E-state index in [9.17, 15) is 14.0 Å². The third-order valence-corrected chi connectivity index (χ3v) is 6.08. The van der Waals surface area contributed by atoms with Crippen molar-refractivity contribution in [2.24, 2.45) is 0 Å². The molecule has 4 rings (SSSR count). The Balaban J connectivity index is 0.000000188. The fourth-order valence-corrected chi connectivity index (χ4v) is 4.19. The summed E-state index contributed by atoms with van der Waals surface area (Å²) >= 11 is 0. The number of hydrogen-bond acceptors (Lipinski definition) is 5. The molecule has 0 bridgehead atoms. The van der Waals surface area contributed by atoms with Crippen molar-refractivity contribution in [3.05, 3.63) is 35.6 Å². The Morgan fingerprint density at radius 3 is 2.25 bits per heavy atom. The van der Waals surface area contributed by atoms with Gasteiger partial charge >= 0.3 is 6.09 Å². The Hall–Kier alpha value is -1.99. The number of carbonyl (C=O) groups is 2. The highest BCUT2D eigenvalue weighted by molar-refractivity contribution is 5.81. The van der Waals surface area contributed by atoms with Crippen LogP contribution in [0.3, 0.4) is 0 Å². The molecule has 1 aromatic rings. The van der Waals surface area contributed by atoms with Crippen molar-refractivity contribution < 1.29 is 18.7 Å². The number of carbonyl (C=O) groups excluding carboxylic acids is 2. The van der Waals surface area contributed by atoms with Gasteiger partial charge in [0.05, 0.1) is 0 Å². The van der Waals surface area contributed by atoms with Gasteiger partial charge in [-0.15, -0.1) is 0 Å². The number of rotatable bonds is 4. The van der Waals surface area contributed by atoms with Gasteiger partial charge in [-0.1, -0.05) is 18.2 Å². The molecule has 0 spiro atoms. The SMILES string of the molecule is CC(C)(C)OC(=O)N1CCC(=O)CC1.Fc1ccccc1CN(C1CCNCC1)C1CC1. The molecule has 7 heteroatoms. The lowest BCUT2D eigenvalue weighted by Gasteiger charge is -2.35. The molecule has 32 heavy (non-hydrogen) atoms. The maximum atomic E-state index is 13.8. The number of ketones is 1. The molecular weight excluding hydrogens is 409 g/mol. The highest BCUT2D eigenvalue weighted by atomic mass is 19.1. The Kier molecular flexibility index (Phi) is 8.65. The number of hydrogen-bond donors (Lipinski definition) is 1. The number of amides is 1. The standard InChI is InChI=1S/C15H21FN2.C10H17NO3/c16-15-4-2-1-3-12(15)11-18(13-5-6-13)14-7-9-17-10-8-14;1-10(2,3)14-9(13)11-6-4-8(12)5-7-11/h1-4,13-14,17H,5-11H2;4-7H2,1-3H3. The average molecular weight is 448 g/mol. The summed E-state index contributed by atoms with van der Waals surface area (Å²) in [5.74, 6) is 0.168. The lowest BCUT2D eigenvalue weighted by atomic mass is 10.0. The van der Waals surface area contributed by atoms with Crippen LogP contribution in [0, 0.1) is 5.82 Å². The van der Waals surface area contributed by atoms with E-state index in [4.69, 9.17) is 4.74 Å². The minimum atomic E-state index is -0.460. The van der Waals surface area contributed by atoms with Gasteiger partial charge in [0.2, 0.25) is 0 Å². The molecule has 3 aliphatic rings. The van der Waals surface area contributed by atoms with Crippen LogP contribution in [0.1, 0.15) is 64.9 Å². The smallest absolute Gasteiger partial charge is 0.410 e. The number of halogens is 1. The minimum absolute atomic E-state index is 0.0583. The van der Waals surface area contributed by atoms with Gasteiger partial charge in [0.25, 0.3) is 0 Å². The highest BCUT2D eigenvalue weighted by Gasteiger charge is 2.34. The zero-order valence-electron chi connectivity index (χ0n) is 19.7. The summed E-state index contributed by atoms with van der Waals surface area (Å²) in [4.78, 5) is 26.6. The molecule has 0 atom stereocenters. The van der Waals surface area contributed by atoms with E-state index >= 15 is 0 Å². The topological polar surface area (TPSA) is 61.9 Å². The quantitative estimate of drug-likeness (QED) is 0.752. The maximum Gasteiger partial charge on any atom is 0.410 e. The van der Waals surface area contributed by atoms with Crippen LogP contribution in [-0.2, 0) is 16.1 Å². The van der Waals surface area contributed by atoms with Crippen LogP contribution in [-0.4, -0.2) is 65.5 Å². The molecule has 0 unspecified atom stereocenters. The van der Waals surface area contributed by atoms with E-state index < -0.39 is 5.60 Å². The fraction of sp³-hybridized carbons (Fsp3) is 0.680. The summed E-state index contributed by atoms with van der Waals surface area (Å²) in [6.07, 6.45) is 5.58. The second-order valence-electron chi connectivity index (χ2n) is 9.98. The van der Waals surface area contributed by atoms with E-state index in [0.717, 1.165) is 25.2 Å². The predicted octanol–water partition coefficient (Wildman–Crippen LogP) is 4.13. The summed E-state index contributed by atoms with van der Waals surface area (Å²) < 4.78 is 19.0. The number of benzene rings is 1. The van der Waals surface area contributed by atoms with E-state index in [2.05, 4.69) is 10.2 Å². The maximum absolute atomic E-state index is 13.8. The summed E-state index contributed by atoms with van der Waals surface area (Å²) in [5, 5.41) is 3.40. The Labute approximate surface area is 191 Å². The molecule has 6 nitrogen and oxygen atoms in total. The first-order valence-electron chi connectivity index (χ1n) is 11.9. The molecule has 2 saturated heterocycles. The lowest BCUT2D eigenvalue weighted by Crippen LogP contribution is -2.43. The van der Waals surface area contributed by atoms with Gasteiger partial charge in [0.1, 0.15) is 17.2 Å². The van der Waals surface area contributed by atoms with Crippen LogP contribution in [0.4, 0.5) is 9.18 Å². The molecule has 1 N–H and O–H groups in total. The lowest BCUT2D eigenvalue weighted by molar-refractivity contribution is -0.121. The van der Waals surface area contributed by atoms with Crippen molar-refractivity contribution in [1.29, 1.82) is 0 Å². The molecule has 1 amide bonds. The van der Waals surface area contributed by atoms with Gasteiger partial charge in [0, 0.05) is 50.1 Å². The minimum Gasteiger partial charge on any atom is -0.444 e. The molecule has 0 aromatic heterocycles. The first-order chi connectivity index (χ1) is 15.2. The Morgan fingerprint density at radius 2 is 1.69 bits per heavy atom. The highest BCUT2D eigenvalue weighted by Crippen LogP contribution is 2.32. The van der Waals surface area contributed by atoms with Crippen LogP contribution < -0.4 is 5.32 Å². The van der Waals surface area contributed by atoms with Crippen LogP contribution in [0.15, 0.2) is 24.3 Å². The third kappa shape index (κ3) is 7.85. The number of Topliss-reactive ketones (excluding diaryl/α,β-unsaturated/α-hetero) is 1. The van der Waals surface area contributed by atoms with E-state index in [0.29, 0.717) is 38.0 Å². The molecule has 2 heterocycles. The molecule has 1 aliphatic carbocycles. The second-order valence-corrected chi connectivity index (χ2v) is 9.98. The molecule has 178 valence electrons. The number of piperidine rings is 2. The van der Waals surface area contributed by atoms with Crippen LogP contribution in [0.25, 0.3) is 0 Å². The van der Waals surface area contributed by atoms with E-state index in [1.165, 1.54) is 25.7 Å². The van der Waals surface area contributed by atoms with Gasteiger partial charge in [0.15, 0.2) is 0 Å². The van der Waals surface area contributed by atoms with Crippen molar-refractivity contribution >= 4 is 11.9 Å². The van der Waals surface area contributed by atoms with Crippen LogP contribution in [0.5, 0.6) is 0 Å². The Bertz CT molecular complexity index is 760. The van der Waals surface area contributed by atoms with Gasteiger partial charge in [-0.3, -0.25) is 9.69 Å². The molecule has 3 fully saturated rings. The largest absolute Gasteiger partial charge is 0.444 e. The van der Waals surface area contributed by atoms with Crippen molar-refractivity contribution in [2.45, 2.75) is 83.5 Å². The summed E-state index contributed by atoms with van der Waals surface area (Å²) in [6.45, 7) is 9.47. The zero-order chi connectivity index (χ0) is 23.1. The number of ether oxygens (including phenoxy) is 1. The van der Waals surface area contributed by atoms with E-state index in [-0.39, 0.29) is 17.7 Å². The molecular formula is C25H38FN3O3. The van der Waals surface area contributed by atoms with Gasteiger partial charge in [-0.25, -0.2) is 9.18 Å². The number of likely N-dealkylation sites (tertiary alicyclic amines) is 1. The van der Waals surface area contributed by atoms with E-state index in [1.807, 2.05) is 32.9 Å². The molecule has 2 aliphatic heterocycles. The fourth-order valence-electron chi connectivity index (χ4n) is 4.19. The number of nitrogens with zero attached hydrogens (tertiary/aromatic N) is 2. The molecule has 0 radical (unpaired) electrons. The summed E-state index contributed by atoms with van der Waals surface area (Å²) in [7, 11) is 0. The zero-order valence-corrected chi connectivity index (χ0v) is 19.7. The van der Waals surface area contributed by atoms with Gasteiger partial charge < -0.3 is 15.0 Å². The summed E-state index contributed by atoms with van der Waals surface area (Å²) in [6, 6.07) is 8.54.